The molecule has 1 aliphatic rings. The lowest BCUT2D eigenvalue weighted by Gasteiger charge is -2.36. The third-order valence-corrected chi connectivity index (χ3v) is 5.56. The molecule has 0 saturated carbocycles. The van der Waals surface area contributed by atoms with Crippen LogP contribution in [0.15, 0.2) is 65.7 Å². The number of rotatable bonds is 6. The Labute approximate surface area is 180 Å². The van der Waals surface area contributed by atoms with Crippen molar-refractivity contribution < 1.29 is 0 Å². The first kappa shape index (κ1) is 20.4. The van der Waals surface area contributed by atoms with Crippen molar-refractivity contribution in [2.75, 3.05) is 42.9 Å². The van der Waals surface area contributed by atoms with E-state index in [-0.39, 0.29) is 16.6 Å². The smallest absolute Gasteiger partial charge is 0.292 e. The minimum absolute atomic E-state index is 0.123. The van der Waals surface area contributed by atoms with Crippen LogP contribution in [-0.2, 0) is 0 Å². The fraction of sp³-hybridized carbons (Fsp3) is 0.318. The first-order chi connectivity index (χ1) is 14.6. The van der Waals surface area contributed by atoms with Crippen LogP contribution >= 0.6 is 11.6 Å². The van der Waals surface area contributed by atoms with Gasteiger partial charge in [0.25, 0.3) is 5.56 Å². The summed E-state index contributed by atoms with van der Waals surface area (Å²) in [6, 6.07) is 15.4. The molecule has 1 unspecified atom stereocenters. The number of nitrogens with one attached hydrogen (secondary N) is 1. The van der Waals surface area contributed by atoms with Crippen molar-refractivity contribution in [1.82, 2.24) is 19.7 Å². The molecular formula is C22H25ClN6O. The van der Waals surface area contributed by atoms with Crippen molar-refractivity contribution in [1.29, 1.82) is 0 Å². The highest BCUT2D eigenvalue weighted by Gasteiger charge is 2.20. The summed E-state index contributed by atoms with van der Waals surface area (Å²) in [7, 11) is 0. The van der Waals surface area contributed by atoms with Gasteiger partial charge in [-0.3, -0.25) is 9.69 Å². The van der Waals surface area contributed by atoms with Crippen LogP contribution in [0.4, 0.5) is 11.5 Å². The maximum Gasteiger partial charge on any atom is 0.292 e. The van der Waals surface area contributed by atoms with Gasteiger partial charge in [0.15, 0.2) is 0 Å². The number of pyridine rings is 1. The van der Waals surface area contributed by atoms with Gasteiger partial charge in [-0.05, 0) is 31.2 Å². The summed E-state index contributed by atoms with van der Waals surface area (Å²) in [5.74, 6) is 1.03. The van der Waals surface area contributed by atoms with Gasteiger partial charge in [0, 0.05) is 45.0 Å². The number of para-hydroxylation sites is 1. The van der Waals surface area contributed by atoms with E-state index in [9.17, 15) is 4.79 Å². The minimum Gasteiger partial charge on any atom is -0.379 e. The molecular weight excluding hydrogens is 400 g/mol. The molecule has 1 atom stereocenters. The van der Waals surface area contributed by atoms with Crippen molar-refractivity contribution in [3.63, 3.8) is 0 Å². The molecule has 1 aliphatic heterocycles. The second kappa shape index (κ2) is 9.28. The first-order valence-corrected chi connectivity index (χ1v) is 10.5. The zero-order valence-corrected chi connectivity index (χ0v) is 17.7. The van der Waals surface area contributed by atoms with Gasteiger partial charge in [0.2, 0.25) is 0 Å². The Balaban J connectivity index is 1.35. The molecule has 1 aromatic carbocycles. The van der Waals surface area contributed by atoms with Crippen molar-refractivity contribution in [3.05, 3.63) is 76.3 Å². The molecule has 0 spiro atoms. The Morgan fingerprint density at radius 2 is 1.80 bits per heavy atom. The summed E-state index contributed by atoms with van der Waals surface area (Å²) in [4.78, 5) is 21.8. The van der Waals surface area contributed by atoms with E-state index in [1.807, 2.05) is 54.7 Å². The van der Waals surface area contributed by atoms with Gasteiger partial charge in [-0.15, -0.1) is 0 Å². The standard InChI is InChI=1S/C22H25ClN6O/c1-17(16-27-11-13-28(14-12-27)20-9-5-6-10-24-20)26-19-15-25-29(22(30)21(19)23)18-7-3-2-4-8-18/h2-10,15,17,26H,11-14,16H2,1H3. The van der Waals surface area contributed by atoms with Crippen LogP contribution in [0.3, 0.4) is 0 Å². The molecule has 1 fully saturated rings. The van der Waals surface area contributed by atoms with E-state index in [1.165, 1.54) is 4.68 Å². The lowest BCUT2D eigenvalue weighted by atomic mass is 10.2. The summed E-state index contributed by atoms with van der Waals surface area (Å²) >= 11 is 6.36. The van der Waals surface area contributed by atoms with Crippen LogP contribution in [0.25, 0.3) is 5.69 Å². The third kappa shape index (κ3) is 4.63. The largest absolute Gasteiger partial charge is 0.379 e. The van der Waals surface area contributed by atoms with E-state index < -0.39 is 0 Å². The van der Waals surface area contributed by atoms with Crippen LogP contribution in [0.1, 0.15) is 6.92 Å². The molecule has 3 heterocycles. The van der Waals surface area contributed by atoms with Crippen molar-refractivity contribution in [3.8, 4) is 5.69 Å². The number of anilines is 2. The molecule has 0 bridgehead atoms. The normalized spacial score (nSPS) is 15.7. The molecule has 1 saturated heterocycles. The van der Waals surface area contributed by atoms with Gasteiger partial charge in [0.05, 0.1) is 17.6 Å². The van der Waals surface area contributed by atoms with E-state index in [0.717, 1.165) is 38.5 Å². The second-order valence-corrected chi connectivity index (χ2v) is 7.82. The Hall–Kier alpha value is -2.90. The SMILES string of the molecule is CC(CN1CCN(c2ccccn2)CC1)Nc1cnn(-c2ccccc2)c(=O)c1Cl. The number of hydrogen-bond acceptors (Lipinski definition) is 6. The quantitative estimate of drug-likeness (QED) is 0.656. The highest BCUT2D eigenvalue weighted by Crippen LogP contribution is 2.18. The molecule has 0 radical (unpaired) electrons. The summed E-state index contributed by atoms with van der Waals surface area (Å²) in [6.07, 6.45) is 3.45. The molecule has 30 heavy (non-hydrogen) atoms. The Morgan fingerprint density at radius 1 is 1.07 bits per heavy atom. The average Bonchev–Trinajstić information content (AvgIpc) is 2.79. The topological polar surface area (TPSA) is 66.3 Å². The number of hydrogen-bond donors (Lipinski definition) is 1. The van der Waals surface area contributed by atoms with Crippen molar-refractivity contribution in [2.45, 2.75) is 13.0 Å². The van der Waals surface area contributed by atoms with E-state index >= 15 is 0 Å². The van der Waals surface area contributed by atoms with E-state index in [4.69, 9.17) is 11.6 Å². The lowest BCUT2D eigenvalue weighted by Crippen LogP contribution is -2.49. The van der Waals surface area contributed by atoms with Crippen LogP contribution in [-0.4, -0.2) is 58.4 Å². The molecule has 7 nitrogen and oxygen atoms in total. The van der Waals surface area contributed by atoms with E-state index in [0.29, 0.717) is 11.4 Å². The fourth-order valence-corrected chi connectivity index (χ4v) is 3.87. The monoisotopic (exact) mass is 424 g/mol. The number of halogens is 1. The maximum atomic E-state index is 12.6. The third-order valence-electron chi connectivity index (χ3n) is 5.20. The zero-order chi connectivity index (χ0) is 20.9. The van der Waals surface area contributed by atoms with Crippen LogP contribution in [0.5, 0.6) is 0 Å². The number of benzene rings is 1. The molecule has 0 aliphatic carbocycles. The van der Waals surface area contributed by atoms with Gasteiger partial charge in [-0.25, -0.2) is 4.98 Å². The maximum absolute atomic E-state index is 12.6. The van der Waals surface area contributed by atoms with E-state index in [2.05, 4.69) is 32.1 Å². The number of nitrogens with zero attached hydrogens (tertiary/aromatic N) is 5. The highest BCUT2D eigenvalue weighted by molar-refractivity contribution is 6.32. The predicted octanol–water partition coefficient (Wildman–Crippen LogP) is 2.90. The second-order valence-electron chi connectivity index (χ2n) is 7.45. The van der Waals surface area contributed by atoms with Gasteiger partial charge < -0.3 is 10.2 Å². The van der Waals surface area contributed by atoms with E-state index in [1.54, 1.807) is 6.20 Å². The first-order valence-electron chi connectivity index (χ1n) is 10.1. The summed E-state index contributed by atoms with van der Waals surface area (Å²) in [6.45, 7) is 6.75. The van der Waals surface area contributed by atoms with Crippen LogP contribution in [0.2, 0.25) is 5.02 Å². The van der Waals surface area contributed by atoms with Gasteiger partial charge >= 0.3 is 0 Å². The Kier molecular flexibility index (Phi) is 6.30. The Morgan fingerprint density at radius 3 is 2.50 bits per heavy atom. The predicted molar refractivity (Wildman–Crippen MR) is 121 cm³/mol. The van der Waals surface area contributed by atoms with Gasteiger partial charge in [0.1, 0.15) is 10.8 Å². The zero-order valence-electron chi connectivity index (χ0n) is 16.9. The van der Waals surface area contributed by atoms with Crippen molar-refractivity contribution >= 4 is 23.1 Å². The van der Waals surface area contributed by atoms with Gasteiger partial charge in [-0.1, -0.05) is 35.9 Å². The molecule has 4 rings (SSSR count). The fourth-order valence-electron chi connectivity index (χ4n) is 3.69. The molecule has 3 aromatic rings. The lowest BCUT2D eigenvalue weighted by molar-refractivity contribution is 0.250. The molecule has 156 valence electrons. The summed E-state index contributed by atoms with van der Waals surface area (Å²) < 4.78 is 1.31. The molecule has 1 N–H and O–H groups in total. The minimum atomic E-state index is -0.330. The molecule has 0 amide bonds. The van der Waals surface area contributed by atoms with Crippen LogP contribution in [0, 0.1) is 0 Å². The molecule has 8 heteroatoms. The van der Waals surface area contributed by atoms with Gasteiger partial charge in [-0.2, -0.15) is 9.78 Å². The number of piperazine rings is 1. The molecule has 2 aromatic heterocycles. The Bertz CT molecular complexity index is 1020. The summed E-state index contributed by atoms with van der Waals surface area (Å²) in [5, 5.41) is 7.78. The highest BCUT2D eigenvalue weighted by atomic mass is 35.5. The average molecular weight is 425 g/mol. The van der Waals surface area contributed by atoms with Crippen LogP contribution < -0.4 is 15.8 Å². The number of aromatic nitrogens is 3. The summed E-state index contributed by atoms with van der Waals surface area (Å²) in [5.41, 5.74) is 0.923. The van der Waals surface area contributed by atoms with Crippen molar-refractivity contribution in [2.24, 2.45) is 0 Å².